The lowest BCUT2D eigenvalue weighted by atomic mass is 9.83. The van der Waals surface area contributed by atoms with Gasteiger partial charge in [0.05, 0.1) is 0 Å². The number of nitrogens with zero attached hydrogens (tertiary/aromatic N) is 1. The minimum absolute atomic E-state index is 0. The molecule has 0 aromatic carbocycles. The topological polar surface area (TPSA) is 24.5 Å². The number of hydrogen-bond donors (Lipinski definition) is 1. The van der Waals surface area contributed by atoms with Crippen molar-refractivity contribution >= 4 is 12.4 Å². The van der Waals surface area contributed by atoms with Gasteiger partial charge in [-0.2, -0.15) is 0 Å². The molecule has 4 heteroatoms. The maximum Gasteiger partial charge on any atom is 0.0480 e. The molecule has 3 rings (SSSR count). The Hall–Kier alpha value is 0.170. The molecular formula is C14H27ClN2O. The first-order valence-corrected chi connectivity index (χ1v) is 7.46. The molecule has 0 aromatic heterocycles. The van der Waals surface area contributed by atoms with Crippen LogP contribution < -0.4 is 5.32 Å². The van der Waals surface area contributed by atoms with Crippen molar-refractivity contribution in [3.63, 3.8) is 0 Å². The van der Waals surface area contributed by atoms with Crippen molar-refractivity contribution in [3.05, 3.63) is 0 Å². The van der Waals surface area contributed by atoms with E-state index >= 15 is 0 Å². The first-order valence-electron chi connectivity index (χ1n) is 7.46. The van der Waals surface area contributed by atoms with Crippen molar-refractivity contribution in [2.45, 2.75) is 38.1 Å². The van der Waals surface area contributed by atoms with Crippen LogP contribution in [0.25, 0.3) is 0 Å². The average Bonchev–Trinajstić information content (AvgIpc) is 2.94. The molecule has 3 aliphatic heterocycles. The summed E-state index contributed by atoms with van der Waals surface area (Å²) in [5.41, 5.74) is 0. The predicted molar refractivity (Wildman–Crippen MR) is 76.4 cm³/mol. The van der Waals surface area contributed by atoms with E-state index in [1.807, 2.05) is 0 Å². The summed E-state index contributed by atoms with van der Waals surface area (Å²) in [6.07, 6.45) is 6.81. The second-order valence-electron chi connectivity index (χ2n) is 5.97. The smallest absolute Gasteiger partial charge is 0.0480 e. The zero-order valence-corrected chi connectivity index (χ0v) is 12.1. The summed E-state index contributed by atoms with van der Waals surface area (Å²) in [6, 6.07) is 0.825. The Balaban J connectivity index is 0.00000120. The molecule has 0 amide bonds. The fourth-order valence-electron chi connectivity index (χ4n) is 3.89. The minimum atomic E-state index is 0. The van der Waals surface area contributed by atoms with Crippen LogP contribution in [0.5, 0.6) is 0 Å². The van der Waals surface area contributed by atoms with Gasteiger partial charge in [-0.05, 0) is 70.1 Å². The van der Waals surface area contributed by atoms with Crippen molar-refractivity contribution in [1.29, 1.82) is 0 Å². The second kappa shape index (κ2) is 7.09. The van der Waals surface area contributed by atoms with Crippen LogP contribution >= 0.6 is 12.4 Å². The highest BCUT2D eigenvalue weighted by Gasteiger charge is 2.31. The molecule has 0 radical (unpaired) electrons. The van der Waals surface area contributed by atoms with Crippen LogP contribution in [-0.2, 0) is 4.74 Å². The molecule has 3 nitrogen and oxygen atoms in total. The monoisotopic (exact) mass is 274 g/mol. The normalized spacial score (nSPS) is 32.3. The lowest BCUT2D eigenvalue weighted by Crippen LogP contribution is -2.45. The molecule has 1 atom stereocenters. The third-order valence-corrected chi connectivity index (χ3v) is 5.05. The third-order valence-electron chi connectivity index (χ3n) is 5.05. The molecule has 106 valence electrons. The van der Waals surface area contributed by atoms with E-state index in [0.717, 1.165) is 31.1 Å². The minimum Gasteiger partial charge on any atom is -0.381 e. The van der Waals surface area contributed by atoms with Gasteiger partial charge in [-0.15, -0.1) is 12.4 Å². The summed E-state index contributed by atoms with van der Waals surface area (Å²) < 4.78 is 5.46. The van der Waals surface area contributed by atoms with Crippen molar-refractivity contribution in [2.75, 3.05) is 39.4 Å². The Kier molecular flexibility index (Phi) is 5.74. The van der Waals surface area contributed by atoms with Crippen LogP contribution in [0, 0.1) is 11.8 Å². The summed E-state index contributed by atoms with van der Waals surface area (Å²) in [5.74, 6) is 1.98. The summed E-state index contributed by atoms with van der Waals surface area (Å²) in [6.45, 7) is 7.18. The number of ether oxygens (including phenoxy) is 1. The van der Waals surface area contributed by atoms with Gasteiger partial charge in [-0.3, -0.25) is 0 Å². The number of rotatable bonds is 2. The van der Waals surface area contributed by atoms with Crippen LogP contribution in [0.1, 0.15) is 32.1 Å². The van der Waals surface area contributed by atoms with Gasteiger partial charge in [0, 0.05) is 19.3 Å². The van der Waals surface area contributed by atoms with Gasteiger partial charge >= 0.3 is 0 Å². The molecule has 0 aliphatic carbocycles. The highest BCUT2D eigenvalue weighted by molar-refractivity contribution is 5.85. The lowest BCUT2D eigenvalue weighted by molar-refractivity contribution is 0.0171. The van der Waals surface area contributed by atoms with E-state index in [1.54, 1.807) is 0 Å². The molecule has 1 N–H and O–H groups in total. The maximum atomic E-state index is 5.46. The third kappa shape index (κ3) is 3.38. The van der Waals surface area contributed by atoms with Gasteiger partial charge in [0.25, 0.3) is 0 Å². The second-order valence-corrected chi connectivity index (χ2v) is 5.97. The Morgan fingerprint density at radius 1 is 0.889 bits per heavy atom. The van der Waals surface area contributed by atoms with E-state index in [0.29, 0.717) is 0 Å². The molecule has 3 saturated heterocycles. The first kappa shape index (κ1) is 14.6. The summed E-state index contributed by atoms with van der Waals surface area (Å²) >= 11 is 0. The Bertz CT molecular complexity index is 232. The standard InChI is InChI=1S/C14H26N2O.ClH/c1-6-15-11-13(1)12-2-7-16(8-3-12)14-4-9-17-10-5-14;/h12-15H,1-11H2;1H. The number of nitrogens with one attached hydrogen (secondary N) is 1. The predicted octanol–water partition coefficient (Wildman–Crippen LogP) is 1.91. The van der Waals surface area contributed by atoms with Crippen molar-refractivity contribution in [3.8, 4) is 0 Å². The van der Waals surface area contributed by atoms with E-state index in [9.17, 15) is 0 Å². The average molecular weight is 275 g/mol. The molecule has 0 spiro atoms. The van der Waals surface area contributed by atoms with Crippen LogP contribution in [0.3, 0.4) is 0 Å². The zero-order valence-electron chi connectivity index (χ0n) is 11.3. The molecule has 3 aliphatic rings. The number of likely N-dealkylation sites (tertiary alicyclic amines) is 1. The van der Waals surface area contributed by atoms with Crippen LogP contribution in [-0.4, -0.2) is 50.3 Å². The fraction of sp³-hybridized carbons (Fsp3) is 1.00. The molecule has 3 heterocycles. The Morgan fingerprint density at radius 3 is 2.22 bits per heavy atom. The fourth-order valence-corrected chi connectivity index (χ4v) is 3.89. The van der Waals surface area contributed by atoms with Gasteiger partial charge in [-0.25, -0.2) is 0 Å². The van der Waals surface area contributed by atoms with Crippen LogP contribution in [0.4, 0.5) is 0 Å². The maximum absolute atomic E-state index is 5.46. The van der Waals surface area contributed by atoms with Gasteiger partial charge in [0.1, 0.15) is 0 Å². The quantitative estimate of drug-likeness (QED) is 0.833. The van der Waals surface area contributed by atoms with E-state index in [2.05, 4.69) is 10.2 Å². The van der Waals surface area contributed by atoms with Gasteiger partial charge in [0.2, 0.25) is 0 Å². The number of hydrogen-bond acceptors (Lipinski definition) is 3. The van der Waals surface area contributed by atoms with Crippen LogP contribution in [0.2, 0.25) is 0 Å². The van der Waals surface area contributed by atoms with Crippen molar-refractivity contribution in [2.24, 2.45) is 11.8 Å². The Labute approximate surface area is 117 Å². The first-order chi connectivity index (χ1) is 8.43. The van der Waals surface area contributed by atoms with Crippen molar-refractivity contribution in [1.82, 2.24) is 10.2 Å². The molecule has 1 unspecified atom stereocenters. The zero-order chi connectivity index (χ0) is 11.5. The van der Waals surface area contributed by atoms with Crippen LogP contribution in [0.15, 0.2) is 0 Å². The summed E-state index contributed by atoms with van der Waals surface area (Å²) in [4.78, 5) is 2.74. The molecule has 3 fully saturated rings. The molecule has 0 bridgehead atoms. The lowest BCUT2D eigenvalue weighted by Gasteiger charge is -2.40. The highest BCUT2D eigenvalue weighted by Crippen LogP contribution is 2.30. The number of halogens is 1. The largest absolute Gasteiger partial charge is 0.381 e. The van der Waals surface area contributed by atoms with E-state index in [1.165, 1.54) is 58.3 Å². The Morgan fingerprint density at radius 2 is 1.61 bits per heavy atom. The van der Waals surface area contributed by atoms with E-state index in [-0.39, 0.29) is 12.4 Å². The van der Waals surface area contributed by atoms with Gasteiger partial charge in [0.15, 0.2) is 0 Å². The molecule has 0 aromatic rings. The SMILES string of the molecule is C1CC(C2CCN(C3CCOCC3)CC2)CN1.Cl. The van der Waals surface area contributed by atoms with Gasteiger partial charge < -0.3 is 15.0 Å². The number of piperidine rings is 1. The highest BCUT2D eigenvalue weighted by atomic mass is 35.5. The molecular weight excluding hydrogens is 248 g/mol. The summed E-state index contributed by atoms with van der Waals surface area (Å²) in [7, 11) is 0. The van der Waals surface area contributed by atoms with E-state index < -0.39 is 0 Å². The molecule has 18 heavy (non-hydrogen) atoms. The van der Waals surface area contributed by atoms with E-state index in [4.69, 9.17) is 4.74 Å². The van der Waals surface area contributed by atoms with Gasteiger partial charge in [-0.1, -0.05) is 0 Å². The van der Waals surface area contributed by atoms with Crippen molar-refractivity contribution < 1.29 is 4.74 Å². The molecule has 0 saturated carbocycles. The summed E-state index contributed by atoms with van der Waals surface area (Å²) in [5, 5.41) is 3.51.